The van der Waals surface area contributed by atoms with Crippen molar-refractivity contribution in [3.8, 4) is 0 Å². The average Bonchev–Trinajstić information content (AvgIpc) is 2.78. The van der Waals surface area contributed by atoms with Crippen LogP contribution in [0.3, 0.4) is 0 Å². The number of hydrogen-bond donors (Lipinski definition) is 2. The lowest BCUT2D eigenvalue weighted by Crippen LogP contribution is -2.46. The highest BCUT2D eigenvalue weighted by Gasteiger charge is 2.20. The molecule has 0 aromatic heterocycles. The van der Waals surface area contributed by atoms with Gasteiger partial charge in [0.25, 0.3) is 0 Å². The van der Waals surface area contributed by atoms with Crippen molar-refractivity contribution in [3.05, 3.63) is 59.7 Å². The Morgan fingerprint density at radius 3 is 2.24 bits per heavy atom. The Morgan fingerprint density at radius 1 is 0.941 bits per heavy atom. The maximum atomic E-state index is 12.0. The van der Waals surface area contributed by atoms with Crippen LogP contribution in [0.5, 0.6) is 0 Å². The van der Waals surface area contributed by atoms with E-state index in [-0.39, 0.29) is 10.5 Å². The number of piperazine rings is 1. The molecule has 8 nitrogen and oxygen atoms in total. The van der Waals surface area contributed by atoms with Gasteiger partial charge >= 0.3 is 0 Å². The van der Waals surface area contributed by atoms with Crippen LogP contribution in [-0.2, 0) is 25.6 Å². The molecule has 0 amide bonds. The fourth-order valence-electron chi connectivity index (χ4n) is 4.33. The van der Waals surface area contributed by atoms with Gasteiger partial charge in [-0.1, -0.05) is 43.2 Å². The van der Waals surface area contributed by atoms with E-state index in [0.717, 1.165) is 58.2 Å². The second kappa shape index (κ2) is 11.6. The quantitative estimate of drug-likeness (QED) is 0.446. The summed E-state index contributed by atoms with van der Waals surface area (Å²) < 4.78 is 47.1. The number of anilines is 1. The van der Waals surface area contributed by atoms with Gasteiger partial charge in [0.2, 0.25) is 10.0 Å². The molecule has 1 unspecified atom stereocenters. The normalized spacial score (nSPS) is 16.5. The number of aliphatic hydroxyl groups excluding tert-OH is 1. The summed E-state index contributed by atoms with van der Waals surface area (Å²) in [6.07, 6.45) is 3.50. The third-order valence-corrected chi connectivity index (χ3v) is 7.97. The van der Waals surface area contributed by atoms with E-state index in [2.05, 4.69) is 34.1 Å². The highest BCUT2D eigenvalue weighted by atomic mass is 32.2. The molecule has 2 aromatic carbocycles. The highest BCUT2D eigenvalue weighted by molar-refractivity contribution is 7.90. The third kappa shape index (κ3) is 8.06. The molecular weight excluding hydrogens is 474 g/mol. The zero-order chi connectivity index (χ0) is 24.8. The molecule has 1 fully saturated rings. The fourth-order valence-corrected chi connectivity index (χ4v) is 6.04. The van der Waals surface area contributed by atoms with Gasteiger partial charge in [-0.05, 0) is 48.7 Å². The first kappa shape index (κ1) is 26.6. The van der Waals surface area contributed by atoms with Crippen LogP contribution in [0.25, 0.3) is 0 Å². The minimum atomic E-state index is -4.11. The first-order valence-corrected chi connectivity index (χ1v) is 15.2. The van der Waals surface area contributed by atoms with E-state index in [1.165, 1.54) is 17.8 Å². The van der Waals surface area contributed by atoms with E-state index >= 15 is 0 Å². The van der Waals surface area contributed by atoms with E-state index in [0.29, 0.717) is 12.0 Å². The molecule has 188 valence electrons. The Morgan fingerprint density at radius 2 is 1.62 bits per heavy atom. The van der Waals surface area contributed by atoms with Gasteiger partial charge in [-0.15, -0.1) is 0 Å². The van der Waals surface area contributed by atoms with E-state index in [1.807, 2.05) is 6.07 Å². The van der Waals surface area contributed by atoms with Crippen LogP contribution in [0.1, 0.15) is 42.9 Å². The first-order chi connectivity index (χ1) is 16.0. The zero-order valence-corrected chi connectivity index (χ0v) is 21.3. The minimum Gasteiger partial charge on any atom is -0.388 e. The van der Waals surface area contributed by atoms with Crippen LogP contribution in [0.15, 0.2) is 53.4 Å². The fraction of sp³-hybridized carbons (Fsp3) is 0.500. The van der Waals surface area contributed by atoms with Crippen molar-refractivity contribution >= 4 is 25.5 Å². The molecule has 0 radical (unpaired) electrons. The van der Waals surface area contributed by atoms with E-state index in [9.17, 15) is 21.9 Å². The van der Waals surface area contributed by atoms with Crippen molar-refractivity contribution in [1.82, 2.24) is 4.90 Å². The molecule has 0 saturated carbocycles. The summed E-state index contributed by atoms with van der Waals surface area (Å²) in [6, 6.07) is 14.8. The zero-order valence-electron chi connectivity index (χ0n) is 19.6. The van der Waals surface area contributed by atoms with Crippen LogP contribution < -0.4 is 10.0 Å². The molecule has 1 heterocycles. The lowest BCUT2D eigenvalue weighted by Gasteiger charge is -2.36. The topological polar surface area (TPSA) is 121 Å². The Labute approximate surface area is 203 Å². The van der Waals surface area contributed by atoms with Crippen LogP contribution in [-0.4, -0.2) is 65.8 Å². The predicted molar refractivity (Wildman–Crippen MR) is 135 cm³/mol. The summed E-state index contributed by atoms with van der Waals surface area (Å²) in [6.45, 7) is 5.13. The summed E-state index contributed by atoms with van der Waals surface area (Å²) in [7, 11) is -7.54. The van der Waals surface area contributed by atoms with Crippen molar-refractivity contribution in [2.45, 2.75) is 42.4 Å². The summed E-state index contributed by atoms with van der Waals surface area (Å²) in [4.78, 5) is 4.63. The summed E-state index contributed by atoms with van der Waals surface area (Å²) >= 11 is 0. The Bertz CT molecular complexity index is 1150. The van der Waals surface area contributed by atoms with Crippen LogP contribution in [0.2, 0.25) is 0 Å². The number of sulfonamides is 1. The van der Waals surface area contributed by atoms with Gasteiger partial charge in [-0.25, -0.2) is 22.0 Å². The SMILES string of the molecule is CS(=O)(=O)Cc1ccc(C(O)CCCCCN2CCN(c3ccccc3)CC2)cc1S(N)(=O)=O. The second-order valence-electron chi connectivity index (χ2n) is 9.01. The molecule has 3 N–H and O–H groups in total. The van der Waals surface area contributed by atoms with Gasteiger partial charge in [-0.2, -0.15) is 0 Å². The molecule has 0 aliphatic carbocycles. The molecule has 0 bridgehead atoms. The molecule has 34 heavy (non-hydrogen) atoms. The monoisotopic (exact) mass is 509 g/mol. The van der Waals surface area contributed by atoms with Gasteiger partial charge in [0, 0.05) is 38.1 Å². The van der Waals surface area contributed by atoms with E-state index in [1.54, 1.807) is 6.07 Å². The predicted octanol–water partition coefficient (Wildman–Crippen LogP) is 2.29. The van der Waals surface area contributed by atoms with Gasteiger partial charge in [0.05, 0.1) is 16.8 Å². The summed E-state index contributed by atoms with van der Waals surface area (Å²) in [5, 5.41) is 15.8. The van der Waals surface area contributed by atoms with Crippen molar-refractivity contribution in [1.29, 1.82) is 0 Å². The minimum absolute atomic E-state index is 0.119. The molecule has 1 saturated heterocycles. The number of hydrogen-bond acceptors (Lipinski definition) is 7. The van der Waals surface area contributed by atoms with Crippen molar-refractivity contribution in [2.24, 2.45) is 5.14 Å². The maximum absolute atomic E-state index is 12.0. The number of nitrogens with zero attached hydrogens (tertiary/aromatic N) is 2. The largest absolute Gasteiger partial charge is 0.388 e. The second-order valence-corrected chi connectivity index (χ2v) is 12.7. The van der Waals surface area contributed by atoms with Crippen LogP contribution in [0, 0.1) is 0 Å². The smallest absolute Gasteiger partial charge is 0.238 e. The molecule has 10 heteroatoms. The number of rotatable bonds is 11. The lowest BCUT2D eigenvalue weighted by atomic mass is 10.0. The number of sulfone groups is 1. The van der Waals surface area contributed by atoms with Crippen molar-refractivity contribution < 1.29 is 21.9 Å². The molecule has 1 aliphatic rings. The molecule has 3 rings (SSSR count). The number of para-hydroxylation sites is 1. The number of aliphatic hydroxyl groups is 1. The molecule has 1 aliphatic heterocycles. The Kier molecular flexibility index (Phi) is 9.11. The number of benzene rings is 2. The molecule has 0 spiro atoms. The van der Waals surface area contributed by atoms with Crippen molar-refractivity contribution in [2.75, 3.05) is 43.9 Å². The summed E-state index contributed by atoms with van der Waals surface area (Å²) in [5.41, 5.74) is 1.82. The van der Waals surface area contributed by atoms with Crippen LogP contribution >= 0.6 is 0 Å². The maximum Gasteiger partial charge on any atom is 0.238 e. The van der Waals surface area contributed by atoms with Crippen molar-refractivity contribution in [3.63, 3.8) is 0 Å². The number of unbranched alkanes of at least 4 members (excludes halogenated alkanes) is 2. The first-order valence-electron chi connectivity index (χ1n) is 11.6. The van der Waals surface area contributed by atoms with Gasteiger partial charge < -0.3 is 10.0 Å². The van der Waals surface area contributed by atoms with Gasteiger partial charge in [-0.3, -0.25) is 4.90 Å². The standard InChI is InChI=1S/C24H35N3O5S2/c1-33(29,30)19-21-12-11-20(18-24(21)34(25,31)32)23(28)10-6-3-7-13-26-14-16-27(17-15-26)22-8-4-2-5-9-22/h2,4-5,8-9,11-12,18,23,28H,3,6-7,10,13-17,19H2,1H3,(H2,25,31,32). The average molecular weight is 510 g/mol. The number of primary sulfonamides is 1. The van der Waals surface area contributed by atoms with E-state index in [4.69, 9.17) is 5.14 Å². The third-order valence-electron chi connectivity index (χ3n) is 6.15. The van der Waals surface area contributed by atoms with Crippen LogP contribution in [0.4, 0.5) is 5.69 Å². The highest BCUT2D eigenvalue weighted by Crippen LogP contribution is 2.26. The molecule has 2 aromatic rings. The summed E-state index contributed by atoms with van der Waals surface area (Å²) in [5.74, 6) is -0.422. The molecular formula is C24H35N3O5S2. The van der Waals surface area contributed by atoms with E-state index < -0.39 is 31.7 Å². The molecule has 1 atom stereocenters. The number of nitrogens with two attached hydrogens (primary N) is 1. The van der Waals surface area contributed by atoms with Gasteiger partial charge in [0.1, 0.15) is 0 Å². The Hall–Kier alpha value is -1.98. The lowest BCUT2D eigenvalue weighted by molar-refractivity contribution is 0.162. The van der Waals surface area contributed by atoms with Gasteiger partial charge in [0.15, 0.2) is 9.84 Å². The Balaban J connectivity index is 1.43.